The van der Waals surface area contributed by atoms with Crippen LogP contribution in [0, 0.1) is 0 Å². The van der Waals surface area contributed by atoms with Crippen LogP contribution in [0.4, 0.5) is 5.69 Å². The zero-order valence-corrected chi connectivity index (χ0v) is 21.0. The van der Waals surface area contributed by atoms with E-state index in [0.717, 1.165) is 27.3 Å². The number of phenolic OH excluding ortho intramolecular Hbond substituents is 1. The molecule has 2 aromatic carbocycles. The molecule has 0 radical (unpaired) electrons. The fourth-order valence-electron chi connectivity index (χ4n) is 3.57. The second-order valence-corrected chi connectivity index (χ2v) is 11.2. The number of aromatic hydroxyl groups is 1. The molecule has 0 saturated carbocycles. The third-order valence-electron chi connectivity index (χ3n) is 5.43. The maximum absolute atomic E-state index is 13.2. The number of hydrogen-bond donors (Lipinski definition) is 3. The Morgan fingerprint density at radius 2 is 1.61 bits per heavy atom. The monoisotopic (exact) mass is 463 g/mol. The number of nitrogens with zero attached hydrogens (tertiary/aromatic N) is 1. The zero-order valence-electron chi connectivity index (χ0n) is 20.2. The third-order valence-corrected chi connectivity index (χ3v) is 6.33. The van der Waals surface area contributed by atoms with Gasteiger partial charge in [-0.2, -0.15) is 0 Å². The molecule has 0 saturated heterocycles. The fraction of sp³-hybridized carbons (Fsp3) is 0.333. The summed E-state index contributed by atoms with van der Waals surface area (Å²) in [4.78, 5) is 18.6. The van der Waals surface area contributed by atoms with Crippen molar-refractivity contribution in [3.63, 3.8) is 0 Å². The molecule has 5 nitrogen and oxygen atoms in total. The molecule has 174 valence electrons. The number of hydrogen-bond acceptors (Lipinski definition) is 4. The number of phenols is 1. The summed E-state index contributed by atoms with van der Waals surface area (Å²) in [5, 5.41) is 15.9. The predicted octanol–water partition coefficient (Wildman–Crippen LogP) is 6.02. The summed E-state index contributed by atoms with van der Waals surface area (Å²) in [6.45, 7) is 12.5. The van der Waals surface area contributed by atoms with E-state index < -0.39 is 0 Å². The van der Waals surface area contributed by atoms with E-state index in [1.54, 1.807) is 12.1 Å². The summed E-state index contributed by atoms with van der Waals surface area (Å²) in [5.74, 6) is 0.512. The van der Waals surface area contributed by atoms with Gasteiger partial charge < -0.3 is 16.2 Å². The lowest BCUT2D eigenvalue weighted by Crippen LogP contribution is -2.25. The molecular formula is C27H33N3O2S. The number of nitrogens with one attached hydrogen (secondary N) is 1. The van der Waals surface area contributed by atoms with Crippen molar-refractivity contribution in [3.8, 4) is 5.75 Å². The highest BCUT2D eigenvalue weighted by molar-refractivity contribution is 7.12. The Kier molecular flexibility index (Phi) is 6.98. The molecule has 0 atom stereocenters. The average Bonchev–Trinajstić information content (AvgIpc) is 3.26. The number of nitrogens with two attached hydrogens (primary N) is 1. The molecule has 0 aliphatic carbocycles. The van der Waals surface area contributed by atoms with E-state index in [4.69, 9.17) is 5.73 Å². The normalized spacial score (nSPS) is 12.6. The van der Waals surface area contributed by atoms with Crippen LogP contribution in [0.5, 0.6) is 5.75 Å². The molecule has 3 rings (SSSR count). The van der Waals surface area contributed by atoms with Crippen LogP contribution < -0.4 is 11.1 Å². The molecule has 6 heteroatoms. The highest BCUT2D eigenvalue weighted by Crippen LogP contribution is 2.39. The van der Waals surface area contributed by atoms with Crippen molar-refractivity contribution in [3.05, 3.63) is 81.0 Å². The lowest BCUT2D eigenvalue weighted by Gasteiger charge is -2.28. The van der Waals surface area contributed by atoms with Crippen LogP contribution >= 0.6 is 11.3 Å². The Balaban J connectivity index is 1.89. The molecule has 1 aromatic heterocycles. The van der Waals surface area contributed by atoms with Crippen molar-refractivity contribution in [1.29, 1.82) is 0 Å². The van der Waals surface area contributed by atoms with E-state index in [0.29, 0.717) is 17.9 Å². The minimum atomic E-state index is -0.305. The number of thiophene rings is 1. The zero-order chi connectivity index (χ0) is 24.4. The minimum Gasteiger partial charge on any atom is -0.507 e. The summed E-state index contributed by atoms with van der Waals surface area (Å²) in [5.41, 5.74) is 9.20. The first-order chi connectivity index (χ1) is 15.4. The van der Waals surface area contributed by atoms with Gasteiger partial charge in [0.2, 0.25) is 0 Å². The predicted molar refractivity (Wildman–Crippen MR) is 138 cm³/mol. The largest absolute Gasteiger partial charge is 0.507 e. The Labute approximate surface area is 200 Å². The topological polar surface area (TPSA) is 87.7 Å². The first-order valence-corrected chi connectivity index (χ1v) is 11.9. The van der Waals surface area contributed by atoms with Crippen LogP contribution in [0.15, 0.2) is 58.9 Å². The van der Waals surface area contributed by atoms with Crippen LogP contribution in [0.25, 0.3) is 0 Å². The number of carbonyl (C=O) groups is 1. The fourth-order valence-corrected chi connectivity index (χ4v) is 4.19. The maximum atomic E-state index is 13.2. The second kappa shape index (κ2) is 9.40. The van der Waals surface area contributed by atoms with E-state index in [1.165, 1.54) is 11.3 Å². The molecule has 0 unspecified atom stereocenters. The molecule has 3 aromatic rings. The minimum absolute atomic E-state index is 0.198. The number of carbonyl (C=O) groups excluding carboxylic acids is 1. The molecule has 4 N–H and O–H groups in total. The Morgan fingerprint density at radius 3 is 2.15 bits per heavy atom. The summed E-state index contributed by atoms with van der Waals surface area (Å²) in [6, 6.07) is 15.1. The summed E-state index contributed by atoms with van der Waals surface area (Å²) < 4.78 is 0. The number of amidine groups is 1. The molecule has 1 heterocycles. The SMILES string of the molecule is CC(C)(C)c1cc(C(=O)NCc2ccccc2N=C(N)c2cccs2)cc(C(C)(C)C)c1O. The number of rotatable bonds is 5. The maximum Gasteiger partial charge on any atom is 0.251 e. The molecular weight excluding hydrogens is 430 g/mol. The molecule has 0 fully saturated rings. The van der Waals surface area contributed by atoms with Crippen LogP contribution in [-0.4, -0.2) is 16.8 Å². The average molecular weight is 464 g/mol. The van der Waals surface area contributed by atoms with E-state index in [1.807, 2.05) is 83.3 Å². The lowest BCUT2D eigenvalue weighted by molar-refractivity contribution is 0.0950. The van der Waals surface area contributed by atoms with E-state index in [-0.39, 0.29) is 22.5 Å². The number of aliphatic imine (C=N–C) groups is 1. The number of benzene rings is 2. The summed E-state index contributed by atoms with van der Waals surface area (Å²) in [7, 11) is 0. The molecule has 0 spiro atoms. The van der Waals surface area contributed by atoms with Crippen LogP contribution in [0.2, 0.25) is 0 Å². The number of para-hydroxylation sites is 1. The van der Waals surface area contributed by atoms with E-state index >= 15 is 0 Å². The lowest BCUT2D eigenvalue weighted by atomic mass is 9.78. The standard InChI is InChI=1S/C27H33N3O2S/c1-26(2,3)19-14-18(15-20(23(19)31)27(4,5)6)25(32)29-16-17-10-7-8-11-21(17)30-24(28)22-12-9-13-33-22/h7-15,31H,16H2,1-6H3,(H2,28,30)(H,29,32). The van der Waals surface area contributed by atoms with Gasteiger partial charge in [0, 0.05) is 23.2 Å². The van der Waals surface area contributed by atoms with E-state index in [9.17, 15) is 9.90 Å². The van der Waals surface area contributed by atoms with Gasteiger partial charge in [-0.1, -0.05) is 65.8 Å². The van der Waals surface area contributed by atoms with Crippen LogP contribution in [0.3, 0.4) is 0 Å². The van der Waals surface area contributed by atoms with Crippen LogP contribution in [0.1, 0.15) is 73.5 Å². The van der Waals surface area contributed by atoms with Crippen molar-refractivity contribution >= 4 is 28.8 Å². The molecule has 0 bridgehead atoms. The molecule has 1 amide bonds. The highest BCUT2D eigenvalue weighted by Gasteiger charge is 2.27. The van der Waals surface area contributed by atoms with Crippen molar-refractivity contribution in [2.75, 3.05) is 0 Å². The van der Waals surface area contributed by atoms with Gasteiger partial charge in [0.1, 0.15) is 11.6 Å². The number of amides is 1. The summed E-state index contributed by atoms with van der Waals surface area (Å²) >= 11 is 1.53. The van der Waals surface area contributed by atoms with Gasteiger partial charge in [-0.25, -0.2) is 4.99 Å². The molecule has 0 aliphatic rings. The van der Waals surface area contributed by atoms with Gasteiger partial charge in [-0.3, -0.25) is 4.79 Å². The van der Waals surface area contributed by atoms with Gasteiger partial charge in [0.05, 0.1) is 10.6 Å². The molecule has 33 heavy (non-hydrogen) atoms. The summed E-state index contributed by atoms with van der Waals surface area (Å²) in [6.07, 6.45) is 0. The van der Waals surface area contributed by atoms with Crippen molar-refractivity contribution in [2.45, 2.75) is 58.9 Å². The Hall–Kier alpha value is -3.12. The third kappa shape index (κ3) is 5.82. The van der Waals surface area contributed by atoms with Gasteiger partial charge in [0.25, 0.3) is 5.91 Å². The van der Waals surface area contributed by atoms with E-state index in [2.05, 4.69) is 10.3 Å². The van der Waals surface area contributed by atoms with Gasteiger partial charge in [-0.05, 0) is 46.0 Å². The van der Waals surface area contributed by atoms with Gasteiger partial charge in [0.15, 0.2) is 0 Å². The quantitative estimate of drug-likeness (QED) is 0.319. The second-order valence-electron chi connectivity index (χ2n) is 10.2. The van der Waals surface area contributed by atoms with Crippen molar-refractivity contribution in [1.82, 2.24) is 5.32 Å². The van der Waals surface area contributed by atoms with Gasteiger partial charge >= 0.3 is 0 Å². The first kappa shape index (κ1) is 24.5. The Morgan fingerprint density at radius 1 is 1.00 bits per heavy atom. The highest BCUT2D eigenvalue weighted by atomic mass is 32.1. The van der Waals surface area contributed by atoms with Crippen molar-refractivity contribution in [2.24, 2.45) is 10.7 Å². The Bertz CT molecular complexity index is 1130. The molecule has 0 aliphatic heterocycles. The smallest absolute Gasteiger partial charge is 0.251 e. The van der Waals surface area contributed by atoms with Gasteiger partial charge in [-0.15, -0.1) is 11.3 Å². The van der Waals surface area contributed by atoms with Crippen LogP contribution in [-0.2, 0) is 17.4 Å². The van der Waals surface area contributed by atoms with Crippen molar-refractivity contribution < 1.29 is 9.90 Å². The first-order valence-electron chi connectivity index (χ1n) is 11.0.